The topological polar surface area (TPSA) is 37.3 Å². The summed E-state index contributed by atoms with van der Waals surface area (Å²) in [5, 5.41) is 8.52. The molecular weight excluding hydrogens is 296 g/mol. The van der Waals surface area contributed by atoms with E-state index in [1.807, 2.05) is 6.08 Å². The van der Waals surface area contributed by atoms with E-state index in [-0.39, 0.29) is 6.42 Å². The van der Waals surface area contributed by atoms with E-state index in [9.17, 15) is 4.79 Å². The van der Waals surface area contributed by atoms with Gasteiger partial charge in [-0.25, -0.2) is 0 Å². The molecular formula is C22H42O2. The number of hydrogen-bond acceptors (Lipinski definition) is 1. The largest absolute Gasteiger partial charge is 0.481 e. The van der Waals surface area contributed by atoms with Crippen LogP contribution in [0.1, 0.15) is 122 Å². The van der Waals surface area contributed by atoms with E-state index in [0.29, 0.717) is 6.42 Å². The van der Waals surface area contributed by atoms with Crippen molar-refractivity contribution in [2.24, 2.45) is 0 Å². The van der Waals surface area contributed by atoms with Gasteiger partial charge in [0.1, 0.15) is 0 Å². The van der Waals surface area contributed by atoms with Crippen molar-refractivity contribution < 1.29 is 9.90 Å². The minimum absolute atomic E-state index is 0.259. The third kappa shape index (κ3) is 21.2. The molecule has 0 aliphatic heterocycles. The van der Waals surface area contributed by atoms with Crippen molar-refractivity contribution in [3.8, 4) is 0 Å². The quantitative estimate of drug-likeness (QED) is 0.194. The first-order valence-corrected chi connectivity index (χ1v) is 10.6. The number of hydrogen-bond donors (Lipinski definition) is 1. The molecule has 0 aromatic carbocycles. The summed E-state index contributed by atoms with van der Waals surface area (Å²) in [7, 11) is 0. The molecule has 0 amide bonds. The van der Waals surface area contributed by atoms with Crippen LogP contribution in [0.25, 0.3) is 0 Å². The number of carbonyl (C=O) groups is 1. The average Bonchev–Trinajstić information content (AvgIpc) is 2.56. The average molecular weight is 339 g/mol. The van der Waals surface area contributed by atoms with Crippen LogP contribution >= 0.6 is 0 Å². The fourth-order valence-corrected chi connectivity index (χ4v) is 3.08. The summed E-state index contributed by atoms with van der Waals surface area (Å²) in [6, 6.07) is 0. The van der Waals surface area contributed by atoms with Crippen molar-refractivity contribution in [3.05, 3.63) is 12.2 Å². The van der Waals surface area contributed by atoms with E-state index in [1.165, 1.54) is 96.3 Å². The van der Waals surface area contributed by atoms with Gasteiger partial charge >= 0.3 is 5.97 Å². The first kappa shape index (κ1) is 23.2. The zero-order chi connectivity index (χ0) is 17.7. The Morgan fingerprint density at radius 1 is 0.625 bits per heavy atom. The third-order valence-corrected chi connectivity index (χ3v) is 4.67. The van der Waals surface area contributed by atoms with Gasteiger partial charge in [-0.3, -0.25) is 4.79 Å². The van der Waals surface area contributed by atoms with Gasteiger partial charge in [-0.1, -0.05) is 109 Å². The number of rotatable bonds is 19. The van der Waals surface area contributed by atoms with Crippen LogP contribution in [-0.2, 0) is 4.79 Å². The zero-order valence-electron chi connectivity index (χ0n) is 16.2. The van der Waals surface area contributed by atoms with Gasteiger partial charge in [0.15, 0.2) is 0 Å². The van der Waals surface area contributed by atoms with Gasteiger partial charge in [0.25, 0.3) is 0 Å². The summed E-state index contributed by atoms with van der Waals surface area (Å²) in [5.74, 6) is -0.702. The van der Waals surface area contributed by atoms with E-state index < -0.39 is 5.97 Å². The van der Waals surface area contributed by atoms with Gasteiger partial charge in [-0.15, -0.1) is 0 Å². The second kappa shape index (κ2) is 20.3. The number of carboxylic acid groups (broad SMARTS) is 1. The highest BCUT2D eigenvalue weighted by Gasteiger charge is 1.94. The van der Waals surface area contributed by atoms with Crippen LogP contribution in [0.2, 0.25) is 0 Å². The maximum atomic E-state index is 10.3. The van der Waals surface area contributed by atoms with Gasteiger partial charge in [0.05, 0.1) is 0 Å². The Hall–Kier alpha value is -0.790. The molecule has 0 bridgehead atoms. The maximum Gasteiger partial charge on any atom is 0.303 e. The predicted octanol–water partition coefficient (Wildman–Crippen LogP) is 7.67. The Morgan fingerprint density at radius 2 is 1.00 bits per heavy atom. The molecule has 0 radical (unpaired) electrons. The fourth-order valence-electron chi connectivity index (χ4n) is 3.08. The van der Waals surface area contributed by atoms with E-state index in [4.69, 9.17) is 5.11 Å². The minimum atomic E-state index is -0.702. The monoisotopic (exact) mass is 338 g/mol. The molecule has 0 aromatic heterocycles. The summed E-state index contributed by atoms with van der Waals surface area (Å²) in [4.78, 5) is 10.3. The first-order chi connectivity index (χ1) is 11.8. The molecule has 0 fully saturated rings. The summed E-state index contributed by atoms with van der Waals surface area (Å²) in [5.41, 5.74) is 0. The smallest absolute Gasteiger partial charge is 0.303 e. The second-order valence-corrected chi connectivity index (χ2v) is 7.14. The van der Waals surface area contributed by atoms with Crippen LogP contribution in [0.3, 0.4) is 0 Å². The Kier molecular flexibility index (Phi) is 19.6. The van der Waals surface area contributed by atoms with E-state index in [0.717, 1.165) is 6.42 Å². The molecule has 0 spiro atoms. The molecule has 24 heavy (non-hydrogen) atoms. The van der Waals surface area contributed by atoms with Crippen LogP contribution in [0.5, 0.6) is 0 Å². The zero-order valence-corrected chi connectivity index (χ0v) is 16.2. The van der Waals surface area contributed by atoms with Crippen LogP contribution in [-0.4, -0.2) is 11.1 Å². The molecule has 0 unspecified atom stereocenters. The highest BCUT2D eigenvalue weighted by molar-refractivity contribution is 5.66. The third-order valence-electron chi connectivity index (χ3n) is 4.67. The van der Waals surface area contributed by atoms with Crippen LogP contribution in [0.15, 0.2) is 12.2 Å². The summed E-state index contributed by atoms with van der Waals surface area (Å²) < 4.78 is 0. The van der Waals surface area contributed by atoms with Crippen molar-refractivity contribution in [2.75, 3.05) is 0 Å². The molecule has 0 rings (SSSR count). The van der Waals surface area contributed by atoms with Gasteiger partial charge in [-0.05, 0) is 19.3 Å². The highest BCUT2D eigenvalue weighted by atomic mass is 16.4. The molecule has 0 aliphatic carbocycles. The second-order valence-electron chi connectivity index (χ2n) is 7.14. The number of allylic oxidation sites excluding steroid dienone is 2. The number of unbranched alkanes of at least 4 members (excludes halogenated alkanes) is 15. The van der Waals surface area contributed by atoms with Gasteiger partial charge in [0.2, 0.25) is 0 Å². The van der Waals surface area contributed by atoms with E-state index in [1.54, 1.807) is 0 Å². The summed E-state index contributed by atoms with van der Waals surface area (Å²) >= 11 is 0. The number of carboxylic acids is 1. The van der Waals surface area contributed by atoms with Crippen molar-refractivity contribution in [2.45, 2.75) is 122 Å². The van der Waals surface area contributed by atoms with Gasteiger partial charge < -0.3 is 5.11 Å². The normalized spacial score (nSPS) is 11.4. The van der Waals surface area contributed by atoms with Crippen molar-refractivity contribution in [1.29, 1.82) is 0 Å². The molecule has 1 N–H and O–H groups in total. The fraction of sp³-hybridized carbons (Fsp3) is 0.864. The summed E-state index contributed by atoms with van der Waals surface area (Å²) in [6.45, 7) is 2.28. The molecule has 0 saturated heterocycles. The van der Waals surface area contributed by atoms with Crippen molar-refractivity contribution in [3.63, 3.8) is 0 Å². The standard InChI is InChI=1S/C22H42O2/c1-2-3-4-5-6-7-8-9-10-11-12-13-14-15-16-17-18-19-20-21-22(23)24/h18-19H,2-17,20-21H2,1H3,(H,23,24)/b19-18+. The van der Waals surface area contributed by atoms with Crippen LogP contribution < -0.4 is 0 Å². The Bertz CT molecular complexity index is 284. The van der Waals surface area contributed by atoms with Crippen LogP contribution in [0, 0.1) is 0 Å². The van der Waals surface area contributed by atoms with Crippen LogP contribution in [0.4, 0.5) is 0 Å². The number of aliphatic carboxylic acids is 1. The molecule has 0 saturated carbocycles. The minimum Gasteiger partial charge on any atom is -0.481 e. The summed E-state index contributed by atoms with van der Waals surface area (Å²) in [6.07, 6.45) is 27.2. The lowest BCUT2D eigenvalue weighted by atomic mass is 10.0. The molecule has 142 valence electrons. The molecule has 0 aliphatic rings. The van der Waals surface area contributed by atoms with Gasteiger partial charge in [0, 0.05) is 6.42 Å². The van der Waals surface area contributed by atoms with Crippen molar-refractivity contribution >= 4 is 5.97 Å². The SMILES string of the molecule is CCCCCCCCCCCCCCCCC/C=C/CCC(=O)O. The van der Waals surface area contributed by atoms with E-state index >= 15 is 0 Å². The van der Waals surface area contributed by atoms with E-state index in [2.05, 4.69) is 13.0 Å². The first-order valence-electron chi connectivity index (χ1n) is 10.6. The lowest BCUT2D eigenvalue weighted by Crippen LogP contribution is -1.91. The molecule has 2 nitrogen and oxygen atoms in total. The van der Waals surface area contributed by atoms with Gasteiger partial charge in [-0.2, -0.15) is 0 Å². The Morgan fingerprint density at radius 3 is 1.42 bits per heavy atom. The molecule has 0 heterocycles. The highest BCUT2D eigenvalue weighted by Crippen LogP contribution is 2.13. The Balaban J connectivity index is 3.04. The lowest BCUT2D eigenvalue weighted by Gasteiger charge is -2.03. The molecule has 2 heteroatoms. The van der Waals surface area contributed by atoms with Crippen molar-refractivity contribution in [1.82, 2.24) is 0 Å². The lowest BCUT2D eigenvalue weighted by molar-refractivity contribution is -0.136. The molecule has 0 atom stereocenters. The predicted molar refractivity (Wildman–Crippen MR) is 106 cm³/mol. The Labute approximate surface area is 151 Å². The maximum absolute atomic E-state index is 10.3. The molecule has 0 aromatic rings.